The zero-order chi connectivity index (χ0) is 17.6. The fourth-order valence-corrected chi connectivity index (χ4v) is 2.74. The number of amides is 1. The van der Waals surface area contributed by atoms with Gasteiger partial charge in [0.25, 0.3) is 5.91 Å². The van der Waals surface area contributed by atoms with E-state index < -0.39 is 0 Å². The van der Waals surface area contributed by atoms with Crippen molar-refractivity contribution in [3.05, 3.63) is 72.0 Å². The Morgan fingerprint density at radius 2 is 2.12 bits per heavy atom. The lowest BCUT2D eigenvalue weighted by Gasteiger charge is -2.19. The van der Waals surface area contributed by atoms with Gasteiger partial charge in [-0.3, -0.25) is 4.79 Å². The standard InChI is InChI=1S/C19H22N4O2/c1-3-17-21-14(2)18(25-17)19(24)22-16(15-7-5-4-6-8-15)9-11-23-12-10-20-13-23/h4-8,10,12-13,16H,3,9,11H2,1-2H3,(H,22,24)/t16-/m0/s1. The maximum Gasteiger partial charge on any atom is 0.289 e. The van der Waals surface area contributed by atoms with Crippen molar-refractivity contribution < 1.29 is 9.21 Å². The van der Waals surface area contributed by atoms with Crippen LogP contribution in [0.4, 0.5) is 0 Å². The number of carbonyl (C=O) groups is 1. The van der Waals surface area contributed by atoms with Gasteiger partial charge in [-0.15, -0.1) is 0 Å². The second kappa shape index (κ2) is 7.79. The minimum Gasteiger partial charge on any atom is -0.435 e. The summed E-state index contributed by atoms with van der Waals surface area (Å²) in [5.74, 6) is 0.641. The molecule has 0 fully saturated rings. The SMILES string of the molecule is CCc1nc(C)c(C(=O)N[C@@H](CCn2ccnc2)c2ccccc2)o1. The van der Waals surface area contributed by atoms with Gasteiger partial charge >= 0.3 is 0 Å². The first-order valence-corrected chi connectivity index (χ1v) is 8.45. The monoisotopic (exact) mass is 338 g/mol. The van der Waals surface area contributed by atoms with Crippen LogP contribution in [0.2, 0.25) is 0 Å². The van der Waals surface area contributed by atoms with E-state index in [2.05, 4.69) is 15.3 Å². The topological polar surface area (TPSA) is 73.0 Å². The van der Waals surface area contributed by atoms with E-state index in [9.17, 15) is 4.79 Å². The zero-order valence-corrected chi connectivity index (χ0v) is 14.5. The third kappa shape index (κ3) is 4.15. The van der Waals surface area contributed by atoms with Crippen molar-refractivity contribution in [1.82, 2.24) is 19.9 Å². The summed E-state index contributed by atoms with van der Waals surface area (Å²) in [4.78, 5) is 21.0. The van der Waals surface area contributed by atoms with E-state index in [0.717, 1.165) is 18.5 Å². The molecule has 0 bridgehead atoms. The van der Waals surface area contributed by atoms with Gasteiger partial charge in [-0.2, -0.15) is 0 Å². The van der Waals surface area contributed by atoms with Gasteiger partial charge in [-0.1, -0.05) is 37.3 Å². The molecule has 3 aromatic rings. The smallest absolute Gasteiger partial charge is 0.289 e. The molecule has 1 aromatic carbocycles. The highest BCUT2D eigenvalue weighted by molar-refractivity contribution is 5.92. The third-order valence-electron chi connectivity index (χ3n) is 4.09. The van der Waals surface area contributed by atoms with Crippen molar-refractivity contribution in [2.45, 2.75) is 39.3 Å². The van der Waals surface area contributed by atoms with E-state index in [1.807, 2.05) is 48.0 Å². The molecule has 1 N–H and O–H groups in total. The summed E-state index contributed by atoms with van der Waals surface area (Å²) in [5, 5.41) is 3.08. The maximum absolute atomic E-state index is 12.7. The van der Waals surface area contributed by atoms with Crippen LogP contribution in [0, 0.1) is 6.92 Å². The van der Waals surface area contributed by atoms with Crippen LogP contribution in [0.5, 0.6) is 0 Å². The molecule has 0 saturated heterocycles. The number of hydrogen-bond donors (Lipinski definition) is 1. The fourth-order valence-electron chi connectivity index (χ4n) is 2.74. The van der Waals surface area contributed by atoms with E-state index in [-0.39, 0.29) is 11.9 Å². The van der Waals surface area contributed by atoms with Gasteiger partial charge in [0.05, 0.1) is 18.1 Å². The Hall–Kier alpha value is -2.89. The van der Waals surface area contributed by atoms with Crippen LogP contribution in [0.15, 0.2) is 53.5 Å². The number of oxazole rings is 1. The molecule has 130 valence electrons. The van der Waals surface area contributed by atoms with Crippen molar-refractivity contribution in [2.24, 2.45) is 0 Å². The first-order valence-electron chi connectivity index (χ1n) is 8.45. The van der Waals surface area contributed by atoms with Gasteiger partial charge in [-0.05, 0) is 18.9 Å². The molecule has 6 heteroatoms. The van der Waals surface area contributed by atoms with Crippen LogP contribution < -0.4 is 5.32 Å². The number of rotatable bonds is 7. The second-order valence-electron chi connectivity index (χ2n) is 5.90. The summed E-state index contributed by atoms with van der Waals surface area (Å²) in [5.41, 5.74) is 1.68. The molecule has 0 spiro atoms. The van der Waals surface area contributed by atoms with Crippen molar-refractivity contribution in [2.75, 3.05) is 0 Å². The summed E-state index contributed by atoms with van der Waals surface area (Å²) in [6.07, 6.45) is 6.85. The van der Waals surface area contributed by atoms with E-state index in [0.29, 0.717) is 23.8 Å². The Morgan fingerprint density at radius 3 is 2.76 bits per heavy atom. The number of nitrogens with zero attached hydrogens (tertiary/aromatic N) is 3. The average molecular weight is 338 g/mol. The molecular formula is C19H22N4O2. The molecule has 0 radical (unpaired) electrons. The minimum atomic E-state index is -0.232. The lowest BCUT2D eigenvalue weighted by atomic mass is 10.0. The summed E-state index contributed by atoms with van der Waals surface area (Å²) in [6.45, 7) is 4.50. The Morgan fingerprint density at radius 1 is 1.32 bits per heavy atom. The highest BCUT2D eigenvalue weighted by Crippen LogP contribution is 2.19. The summed E-state index contributed by atoms with van der Waals surface area (Å²) in [7, 11) is 0. The number of hydrogen-bond acceptors (Lipinski definition) is 4. The molecule has 6 nitrogen and oxygen atoms in total. The molecule has 0 unspecified atom stereocenters. The normalized spacial score (nSPS) is 12.1. The summed E-state index contributed by atoms with van der Waals surface area (Å²) < 4.78 is 7.57. The Bertz CT molecular complexity index is 809. The molecule has 0 saturated carbocycles. The van der Waals surface area contributed by atoms with E-state index in [1.54, 1.807) is 19.4 Å². The van der Waals surface area contributed by atoms with Crippen LogP contribution in [0.25, 0.3) is 0 Å². The highest BCUT2D eigenvalue weighted by Gasteiger charge is 2.21. The lowest BCUT2D eigenvalue weighted by Crippen LogP contribution is -2.29. The van der Waals surface area contributed by atoms with E-state index in [4.69, 9.17) is 4.42 Å². The second-order valence-corrected chi connectivity index (χ2v) is 5.90. The van der Waals surface area contributed by atoms with Crippen LogP contribution in [0.1, 0.15) is 47.1 Å². The highest BCUT2D eigenvalue weighted by atomic mass is 16.4. The third-order valence-corrected chi connectivity index (χ3v) is 4.09. The number of aryl methyl sites for hydroxylation is 3. The first kappa shape index (κ1) is 17.0. The number of imidazole rings is 1. The largest absolute Gasteiger partial charge is 0.435 e. The van der Waals surface area contributed by atoms with Crippen LogP contribution >= 0.6 is 0 Å². The van der Waals surface area contributed by atoms with Crippen molar-refractivity contribution in [1.29, 1.82) is 0 Å². The molecule has 3 rings (SSSR count). The number of nitrogens with one attached hydrogen (secondary N) is 1. The molecule has 0 aliphatic rings. The van der Waals surface area contributed by atoms with Crippen molar-refractivity contribution in [3.63, 3.8) is 0 Å². The van der Waals surface area contributed by atoms with Crippen LogP contribution in [0.3, 0.4) is 0 Å². The van der Waals surface area contributed by atoms with Gasteiger partial charge in [-0.25, -0.2) is 9.97 Å². The molecule has 25 heavy (non-hydrogen) atoms. The Labute approximate surface area is 146 Å². The van der Waals surface area contributed by atoms with Gasteiger partial charge in [0, 0.05) is 25.4 Å². The molecule has 1 atom stereocenters. The quantitative estimate of drug-likeness (QED) is 0.717. The van der Waals surface area contributed by atoms with Gasteiger partial charge < -0.3 is 14.3 Å². The van der Waals surface area contributed by atoms with Crippen molar-refractivity contribution in [3.8, 4) is 0 Å². The zero-order valence-electron chi connectivity index (χ0n) is 14.5. The Balaban J connectivity index is 1.76. The predicted molar refractivity (Wildman–Crippen MR) is 94.1 cm³/mol. The number of benzene rings is 1. The van der Waals surface area contributed by atoms with Crippen LogP contribution in [-0.4, -0.2) is 20.4 Å². The first-order chi connectivity index (χ1) is 12.2. The molecule has 2 heterocycles. The summed E-state index contributed by atoms with van der Waals surface area (Å²) >= 11 is 0. The van der Waals surface area contributed by atoms with Gasteiger partial charge in [0.1, 0.15) is 0 Å². The minimum absolute atomic E-state index is 0.120. The average Bonchev–Trinajstić information content (AvgIpc) is 3.28. The van der Waals surface area contributed by atoms with Gasteiger partial charge in [0.15, 0.2) is 5.89 Å². The fraction of sp³-hybridized carbons (Fsp3) is 0.316. The predicted octanol–water partition coefficient (Wildman–Crippen LogP) is 3.30. The van der Waals surface area contributed by atoms with E-state index in [1.165, 1.54) is 0 Å². The Kier molecular flexibility index (Phi) is 5.28. The molecule has 0 aliphatic carbocycles. The summed E-state index contributed by atoms with van der Waals surface area (Å²) in [6, 6.07) is 9.83. The molecule has 1 amide bonds. The van der Waals surface area contributed by atoms with Crippen molar-refractivity contribution >= 4 is 5.91 Å². The maximum atomic E-state index is 12.7. The number of aromatic nitrogens is 3. The lowest BCUT2D eigenvalue weighted by molar-refractivity contribution is 0.0903. The number of carbonyl (C=O) groups excluding carboxylic acids is 1. The van der Waals surface area contributed by atoms with Crippen LogP contribution in [-0.2, 0) is 13.0 Å². The molecule has 2 aromatic heterocycles. The van der Waals surface area contributed by atoms with E-state index >= 15 is 0 Å². The molecular weight excluding hydrogens is 316 g/mol. The molecule has 0 aliphatic heterocycles. The van der Waals surface area contributed by atoms with Gasteiger partial charge in [0.2, 0.25) is 5.76 Å².